The van der Waals surface area contributed by atoms with E-state index in [4.69, 9.17) is 47.5 Å². The van der Waals surface area contributed by atoms with E-state index in [0.29, 0.717) is 62.9 Å². The van der Waals surface area contributed by atoms with Crippen molar-refractivity contribution in [2.45, 2.75) is 45.3 Å². The number of carboxylic acids is 1. The molecule has 0 radical (unpaired) electrons. The molecule has 1 aliphatic rings. The minimum absolute atomic E-state index is 0.203. The molecule has 9 nitrogen and oxygen atoms in total. The summed E-state index contributed by atoms with van der Waals surface area (Å²) in [6.45, 7) is 4.22. The van der Waals surface area contributed by atoms with Crippen molar-refractivity contribution in [3.05, 3.63) is 58.3 Å². The summed E-state index contributed by atoms with van der Waals surface area (Å²) in [5, 5.41) is 10.1. The molecule has 204 valence electrons. The molecule has 39 heavy (non-hydrogen) atoms. The molecule has 1 N–H and O–H groups in total. The van der Waals surface area contributed by atoms with Gasteiger partial charge in [0.2, 0.25) is 5.88 Å². The van der Waals surface area contributed by atoms with Gasteiger partial charge in [0.25, 0.3) is 0 Å². The number of carbonyl (C=O) groups is 1. The molecule has 11 heteroatoms. The van der Waals surface area contributed by atoms with E-state index >= 15 is 0 Å². The van der Waals surface area contributed by atoms with Gasteiger partial charge in [0.05, 0.1) is 31.2 Å². The van der Waals surface area contributed by atoms with Crippen LogP contribution in [0.4, 0.5) is 0 Å². The number of carboxylic acid groups (broad SMARTS) is 1. The van der Waals surface area contributed by atoms with Gasteiger partial charge in [0.1, 0.15) is 29.3 Å². The molecule has 0 aliphatic heterocycles. The maximum Gasteiger partial charge on any atom is 0.306 e. The lowest BCUT2D eigenvalue weighted by atomic mass is 10.1. The van der Waals surface area contributed by atoms with Crippen LogP contribution in [0.15, 0.2) is 42.7 Å². The van der Waals surface area contributed by atoms with E-state index in [2.05, 4.69) is 9.97 Å². The van der Waals surface area contributed by atoms with E-state index in [1.807, 2.05) is 35.8 Å². The van der Waals surface area contributed by atoms with Gasteiger partial charge in [-0.1, -0.05) is 36.2 Å². The number of halogens is 2. The van der Waals surface area contributed by atoms with Crippen LogP contribution in [0.25, 0.3) is 22.6 Å². The van der Waals surface area contributed by atoms with Crippen molar-refractivity contribution in [2.75, 3.05) is 13.7 Å². The molecule has 0 saturated heterocycles. The molecule has 4 aromatic rings. The second-order valence-electron chi connectivity index (χ2n) is 9.87. The third-order valence-electron chi connectivity index (χ3n) is 6.80. The largest absolute Gasteiger partial charge is 0.496 e. The standard InChI is InChI=1S/C28H28Cl2N4O5/c1-16(27(35)36)9-12-38-21-6-4-5-19(22(21)30)24-33-23-25(31-15-32-26(23)39-28(2)10-11-28)34(24)14-17-13-18(29)7-8-20(17)37-3/h4-8,13,15-16H,9-12,14H2,1-3H3,(H,35,36)/t16-/m0/s1. The molecular formula is C28H28Cl2N4O5. The number of aromatic nitrogens is 4. The van der Waals surface area contributed by atoms with Crippen molar-refractivity contribution in [1.29, 1.82) is 0 Å². The first-order valence-electron chi connectivity index (χ1n) is 12.6. The van der Waals surface area contributed by atoms with Crippen LogP contribution in [0.3, 0.4) is 0 Å². The maximum absolute atomic E-state index is 11.2. The van der Waals surface area contributed by atoms with E-state index < -0.39 is 11.9 Å². The molecule has 0 bridgehead atoms. The number of nitrogens with zero attached hydrogens (tertiary/aromatic N) is 4. The molecule has 5 rings (SSSR count). The first-order chi connectivity index (χ1) is 18.7. The van der Waals surface area contributed by atoms with Crippen LogP contribution >= 0.6 is 23.2 Å². The third kappa shape index (κ3) is 5.74. The molecule has 1 aliphatic carbocycles. The highest BCUT2D eigenvalue weighted by atomic mass is 35.5. The molecule has 1 saturated carbocycles. The summed E-state index contributed by atoms with van der Waals surface area (Å²) >= 11 is 13.2. The summed E-state index contributed by atoms with van der Waals surface area (Å²) in [5.74, 6) is 0.631. The van der Waals surface area contributed by atoms with Crippen LogP contribution in [-0.4, -0.2) is 49.9 Å². The molecular weight excluding hydrogens is 543 g/mol. The summed E-state index contributed by atoms with van der Waals surface area (Å²) in [5.41, 5.74) is 2.26. The van der Waals surface area contributed by atoms with Crippen LogP contribution in [0, 0.1) is 5.92 Å². The number of hydrogen-bond donors (Lipinski definition) is 1. The number of aliphatic carboxylic acids is 1. The summed E-state index contributed by atoms with van der Waals surface area (Å²) < 4.78 is 19.6. The first kappa shape index (κ1) is 27.0. The van der Waals surface area contributed by atoms with Crippen molar-refractivity contribution in [3.8, 4) is 28.8 Å². The van der Waals surface area contributed by atoms with Gasteiger partial charge in [-0.05, 0) is 56.5 Å². The van der Waals surface area contributed by atoms with Crippen LogP contribution in [0.1, 0.15) is 38.7 Å². The lowest BCUT2D eigenvalue weighted by molar-refractivity contribution is -0.141. The molecule has 2 aromatic carbocycles. The minimum Gasteiger partial charge on any atom is -0.496 e. The van der Waals surface area contributed by atoms with E-state index in [9.17, 15) is 4.79 Å². The van der Waals surface area contributed by atoms with Crippen molar-refractivity contribution in [2.24, 2.45) is 5.92 Å². The fraction of sp³-hybridized carbons (Fsp3) is 0.357. The molecule has 0 spiro atoms. The summed E-state index contributed by atoms with van der Waals surface area (Å²) in [7, 11) is 1.60. The van der Waals surface area contributed by atoms with Gasteiger partial charge < -0.3 is 23.9 Å². The monoisotopic (exact) mass is 570 g/mol. The summed E-state index contributed by atoms with van der Waals surface area (Å²) in [6.07, 6.45) is 3.69. The molecule has 0 amide bonds. The highest BCUT2D eigenvalue weighted by Gasteiger charge is 2.41. The van der Waals surface area contributed by atoms with Crippen LogP contribution in [0.5, 0.6) is 17.4 Å². The Morgan fingerprint density at radius 2 is 1.97 bits per heavy atom. The van der Waals surface area contributed by atoms with Crippen LogP contribution < -0.4 is 14.2 Å². The van der Waals surface area contributed by atoms with Gasteiger partial charge in [-0.15, -0.1) is 0 Å². The Morgan fingerprint density at radius 1 is 1.18 bits per heavy atom. The Balaban J connectivity index is 1.60. The van der Waals surface area contributed by atoms with E-state index in [1.54, 1.807) is 26.2 Å². The fourth-order valence-electron chi connectivity index (χ4n) is 4.16. The number of hydrogen-bond acceptors (Lipinski definition) is 7. The molecule has 2 aromatic heterocycles. The normalized spacial score (nSPS) is 14.7. The van der Waals surface area contributed by atoms with Gasteiger partial charge in [0, 0.05) is 16.1 Å². The van der Waals surface area contributed by atoms with Gasteiger partial charge in [0.15, 0.2) is 11.2 Å². The van der Waals surface area contributed by atoms with Crippen molar-refractivity contribution in [1.82, 2.24) is 19.5 Å². The molecule has 1 fully saturated rings. The van der Waals surface area contributed by atoms with E-state index in [-0.39, 0.29) is 12.2 Å². The summed E-state index contributed by atoms with van der Waals surface area (Å²) in [4.78, 5) is 25.0. The second-order valence-corrected chi connectivity index (χ2v) is 10.7. The number of ether oxygens (including phenoxy) is 3. The zero-order chi connectivity index (χ0) is 27.7. The number of fused-ring (bicyclic) bond motifs is 1. The molecule has 2 heterocycles. The minimum atomic E-state index is -0.872. The summed E-state index contributed by atoms with van der Waals surface area (Å²) in [6, 6.07) is 10.8. The lowest BCUT2D eigenvalue weighted by Gasteiger charge is -2.15. The topological polar surface area (TPSA) is 109 Å². The zero-order valence-electron chi connectivity index (χ0n) is 21.8. The second kappa shape index (κ2) is 10.9. The van der Waals surface area contributed by atoms with Gasteiger partial charge in [-0.25, -0.2) is 9.97 Å². The Kier molecular flexibility index (Phi) is 7.55. The quantitative estimate of drug-likeness (QED) is 0.224. The fourth-order valence-corrected chi connectivity index (χ4v) is 4.62. The van der Waals surface area contributed by atoms with E-state index in [0.717, 1.165) is 18.4 Å². The highest BCUT2D eigenvalue weighted by Crippen LogP contribution is 2.42. The van der Waals surface area contributed by atoms with Crippen LogP contribution in [-0.2, 0) is 11.3 Å². The van der Waals surface area contributed by atoms with Crippen LogP contribution in [0.2, 0.25) is 10.0 Å². The smallest absolute Gasteiger partial charge is 0.306 e. The Morgan fingerprint density at radius 3 is 2.69 bits per heavy atom. The van der Waals surface area contributed by atoms with Crippen molar-refractivity contribution < 1.29 is 24.1 Å². The zero-order valence-corrected chi connectivity index (χ0v) is 23.3. The molecule has 0 unspecified atom stereocenters. The number of benzene rings is 2. The van der Waals surface area contributed by atoms with Gasteiger partial charge in [-0.2, -0.15) is 4.98 Å². The first-order valence-corrected chi connectivity index (χ1v) is 13.3. The number of methoxy groups -OCH3 is 1. The predicted octanol–water partition coefficient (Wildman–Crippen LogP) is 6.28. The molecule has 1 atom stereocenters. The van der Waals surface area contributed by atoms with Crippen molar-refractivity contribution >= 4 is 40.3 Å². The maximum atomic E-state index is 11.2. The van der Waals surface area contributed by atoms with E-state index in [1.165, 1.54) is 6.33 Å². The Hall–Kier alpha value is -3.56. The number of rotatable bonds is 11. The average Bonchev–Trinajstić information content (AvgIpc) is 3.52. The van der Waals surface area contributed by atoms with Gasteiger partial charge in [-0.3, -0.25) is 4.79 Å². The van der Waals surface area contributed by atoms with Gasteiger partial charge >= 0.3 is 5.97 Å². The SMILES string of the molecule is COc1ccc(Cl)cc1Cn1c(-c2cccc(OCC[C@H](C)C(=O)O)c2Cl)nc2c(OC3(C)CC3)ncnc21. The van der Waals surface area contributed by atoms with Crippen molar-refractivity contribution in [3.63, 3.8) is 0 Å². The lowest BCUT2D eigenvalue weighted by Crippen LogP contribution is -2.13. The highest BCUT2D eigenvalue weighted by molar-refractivity contribution is 6.34. The Labute approximate surface area is 235 Å². The predicted molar refractivity (Wildman–Crippen MR) is 148 cm³/mol. The number of imidazole rings is 1. The average molecular weight is 571 g/mol. The third-order valence-corrected chi connectivity index (χ3v) is 7.43. The Bertz CT molecular complexity index is 1540.